The number of hydrogen-bond donors (Lipinski definition) is 1. The number of rotatable bonds is 7. The van der Waals surface area contributed by atoms with Crippen molar-refractivity contribution in [3.63, 3.8) is 0 Å². The first-order valence-electron chi connectivity index (χ1n) is 6.20. The zero-order chi connectivity index (χ0) is 13.4. The fourth-order valence-corrected chi connectivity index (χ4v) is 1.57. The number of benzene rings is 1. The van der Waals surface area contributed by atoms with Gasteiger partial charge in [0.2, 0.25) is 0 Å². The molecular formula is C14H21NO3. The molecular weight excluding hydrogens is 230 g/mol. The van der Waals surface area contributed by atoms with Gasteiger partial charge in [0.05, 0.1) is 6.61 Å². The van der Waals surface area contributed by atoms with Crippen LogP contribution >= 0.6 is 0 Å². The quantitative estimate of drug-likeness (QED) is 0.751. The fraction of sp³-hybridized carbons (Fsp3) is 0.500. The zero-order valence-corrected chi connectivity index (χ0v) is 11.2. The van der Waals surface area contributed by atoms with Crippen molar-refractivity contribution in [1.29, 1.82) is 0 Å². The maximum Gasteiger partial charge on any atom is 0.260 e. The third-order valence-electron chi connectivity index (χ3n) is 2.63. The van der Waals surface area contributed by atoms with E-state index in [-0.39, 0.29) is 5.91 Å². The van der Waals surface area contributed by atoms with Gasteiger partial charge in [0, 0.05) is 13.7 Å². The Morgan fingerprint density at radius 3 is 2.78 bits per heavy atom. The van der Waals surface area contributed by atoms with Crippen molar-refractivity contribution in [2.45, 2.75) is 26.4 Å². The molecule has 4 heteroatoms. The lowest BCUT2D eigenvalue weighted by atomic mass is 10.1. The fourth-order valence-electron chi connectivity index (χ4n) is 1.57. The topological polar surface area (TPSA) is 47.6 Å². The van der Waals surface area contributed by atoms with E-state index in [1.165, 1.54) is 0 Å². The lowest BCUT2D eigenvalue weighted by Gasteiger charge is -2.16. The van der Waals surface area contributed by atoms with E-state index in [4.69, 9.17) is 9.47 Å². The van der Waals surface area contributed by atoms with Gasteiger partial charge in [0.15, 0.2) is 6.10 Å². The second-order valence-electron chi connectivity index (χ2n) is 4.01. The molecule has 0 aromatic heterocycles. The third-order valence-corrected chi connectivity index (χ3v) is 2.63. The van der Waals surface area contributed by atoms with Gasteiger partial charge >= 0.3 is 0 Å². The van der Waals surface area contributed by atoms with Crippen LogP contribution in [0.2, 0.25) is 0 Å². The first-order chi connectivity index (χ1) is 8.69. The number of methoxy groups -OCH3 is 1. The molecule has 0 aliphatic heterocycles. The summed E-state index contributed by atoms with van der Waals surface area (Å²) in [6, 6.07) is 7.77. The van der Waals surface area contributed by atoms with E-state index in [2.05, 4.69) is 12.2 Å². The molecule has 4 nitrogen and oxygen atoms in total. The van der Waals surface area contributed by atoms with Crippen molar-refractivity contribution in [2.75, 3.05) is 20.3 Å². The van der Waals surface area contributed by atoms with Crippen molar-refractivity contribution in [2.24, 2.45) is 0 Å². The average molecular weight is 251 g/mol. The van der Waals surface area contributed by atoms with Crippen LogP contribution in [0, 0.1) is 0 Å². The van der Waals surface area contributed by atoms with Gasteiger partial charge in [-0.3, -0.25) is 4.79 Å². The Kier molecular flexibility index (Phi) is 6.22. The number of carbonyl (C=O) groups is 1. The number of carbonyl (C=O) groups excluding carboxylic acids is 1. The van der Waals surface area contributed by atoms with Gasteiger partial charge in [-0.1, -0.05) is 25.1 Å². The second-order valence-corrected chi connectivity index (χ2v) is 4.01. The summed E-state index contributed by atoms with van der Waals surface area (Å²) in [5, 5.41) is 2.75. The molecule has 0 spiro atoms. The highest BCUT2D eigenvalue weighted by molar-refractivity contribution is 5.80. The summed E-state index contributed by atoms with van der Waals surface area (Å²) in [7, 11) is 1.60. The molecule has 1 N–H and O–H groups in total. The Balaban J connectivity index is 2.52. The molecule has 18 heavy (non-hydrogen) atoms. The first kappa shape index (κ1) is 14.5. The second kappa shape index (κ2) is 7.71. The van der Waals surface area contributed by atoms with Crippen LogP contribution in [0.15, 0.2) is 24.3 Å². The SMILES string of the molecule is CCc1ccccc1OC(C)C(=O)NCCOC. The molecule has 1 amide bonds. The van der Waals surface area contributed by atoms with Gasteiger partial charge in [-0.15, -0.1) is 0 Å². The van der Waals surface area contributed by atoms with Crippen LogP contribution in [0.5, 0.6) is 5.75 Å². The molecule has 1 aromatic rings. The molecule has 0 aliphatic rings. The van der Waals surface area contributed by atoms with Gasteiger partial charge in [-0.05, 0) is 25.0 Å². The van der Waals surface area contributed by atoms with Gasteiger partial charge in [-0.25, -0.2) is 0 Å². The van der Waals surface area contributed by atoms with E-state index >= 15 is 0 Å². The minimum absolute atomic E-state index is 0.127. The number of nitrogens with one attached hydrogen (secondary N) is 1. The predicted octanol–water partition coefficient (Wildman–Crippen LogP) is 1.78. The molecule has 0 bridgehead atoms. The molecule has 0 saturated carbocycles. The van der Waals surface area contributed by atoms with E-state index in [1.54, 1.807) is 14.0 Å². The average Bonchev–Trinajstić information content (AvgIpc) is 2.39. The molecule has 100 valence electrons. The normalized spacial score (nSPS) is 11.9. The summed E-state index contributed by atoms with van der Waals surface area (Å²) < 4.78 is 10.5. The highest BCUT2D eigenvalue weighted by Gasteiger charge is 2.15. The van der Waals surface area contributed by atoms with Crippen LogP contribution in [0.25, 0.3) is 0 Å². The molecule has 0 aliphatic carbocycles. The Bertz CT molecular complexity index is 379. The Labute approximate surface area is 108 Å². The van der Waals surface area contributed by atoms with Crippen molar-refractivity contribution in [1.82, 2.24) is 5.32 Å². The lowest BCUT2D eigenvalue weighted by Crippen LogP contribution is -2.38. The molecule has 0 heterocycles. The highest BCUT2D eigenvalue weighted by Crippen LogP contribution is 2.19. The van der Waals surface area contributed by atoms with Crippen LogP contribution in [0.1, 0.15) is 19.4 Å². The molecule has 0 radical (unpaired) electrons. The number of hydrogen-bond acceptors (Lipinski definition) is 3. The molecule has 1 aromatic carbocycles. The van der Waals surface area contributed by atoms with E-state index < -0.39 is 6.10 Å². The molecule has 1 atom stereocenters. The zero-order valence-electron chi connectivity index (χ0n) is 11.2. The highest BCUT2D eigenvalue weighted by atomic mass is 16.5. The smallest absolute Gasteiger partial charge is 0.260 e. The summed E-state index contributed by atoms with van der Waals surface area (Å²) >= 11 is 0. The van der Waals surface area contributed by atoms with Crippen molar-refractivity contribution >= 4 is 5.91 Å². The van der Waals surface area contributed by atoms with E-state index in [0.717, 1.165) is 17.7 Å². The number of para-hydroxylation sites is 1. The third kappa shape index (κ3) is 4.37. The summed E-state index contributed by atoms with van der Waals surface area (Å²) in [5.41, 5.74) is 1.11. The summed E-state index contributed by atoms with van der Waals surface area (Å²) in [5.74, 6) is 0.646. The first-order valence-corrected chi connectivity index (χ1v) is 6.20. The summed E-state index contributed by atoms with van der Waals surface area (Å²) in [4.78, 5) is 11.7. The van der Waals surface area contributed by atoms with E-state index in [0.29, 0.717) is 13.2 Å². The van der Waals surface area contributed by atoms with Crippen molar-refractivity contribution in [3.8, 4) is 5.75 Å². The summed E-state index contributed by atoms with van der Waals surface area (Å²) in [6.07, 6.45) is 0.378. The van der Waals surface area contributed by atoms with Crippen LogP contribution in [-0.2, 0) is 16.0 Å². The maximum absolute atomic E-state index is 11.7. The molecule has 0 fully saturated rings. The standard InChI is InChI=1S/C14H21NO3/c1-4-12-7-5-6-8-13(12)18-11(2)14(16)15-9-10-17-3/h5-8,11H,4,9-10H2,1-3H3,(H,15,16). The van der Waals surface area contributed by atoms with Crippen LogP contribution in [-0.4, -0.2) is 32.3 Å². The largest absolute Gasteiger partial charge is 0.481 e. The van der Waals surface area contributed by atoms with Crippen LogP contribution < -0.4 is 10.1 Å². The molecule has 1 rings (SSSR count). The molecule has 0 saturated heterocycles. The van der Waals surface area contributed by atoms with Gasteiger partial charge in [0.25, 0.3) is 5.91 Å². The number of aryl methyl sites for hydroxylation is 1. The minimum atomic E-state index is -0.505. The van der Waals surface area contributed by atoms with Gasteiger partial charge in [0.1, 0.15) is 5.75 Å². The minimum Gasteiger partial charge on any atom is -0.481 e. The van der Waals surface area contributed by atoms with E-state index in [9.17, 15) is 4.79 Å². The molecule has 1 unspecified atom stereocenters. The Hall–Kier alpha value is -1.55. The Morgan fingerprint density at radius 1 is 1.39 bits per heavy atom. The van der Waals surface area contributed by atoms with Gasteiger partial charge in [-0.2, -0.15) is 0 Å². The maximum atomic E-state index is 11.7. The Morgan fingerprint density at radius 2 is 2.11 bits per heavy atom. The van der Waals surface area contributed by atoms with Crippen molar-refractivity contribution < 1.29 is 14.3 Å². The monoisotopic (exact) mass is 251 g/mol. The van der Waals surface area contributed by atoms with Crippen LogP contribution in [0.4, 0.5) is 0 Å². The van der Waals surface area contributed by atoms with Gasteiger partial charge < -0.3 is 14.8 Å². The number of ether oxygens (including phenoxy) is 2. The lowest BCUT2D eigenvalue weighted by molar-refractivity contribution is -0.127. The predicted molar refractivity (Wildman–Crippen MR) is 70.8 cm³/mol. The summed E-state index contributed by atoms with van der Waals surface area (Å²) in [6.45, 7) is 4.81. The van der Waals surface area contributed by atoms with Crippen molar-refractivity contribution in [3.05, 3.63) is 29.8 Å². The van der Waals surface area contributed by atoms with E-state index in [1.807, 2.05) is 24.3 Å². The number of amides is 1. The van der Waals surface area contributed by atoms with Crippen LogP contribution in [0.3, 0.4) is 0 Å².